The second-order valence-electron chi connectivity index (χ2n) is 2.33. The normalized spacial score (nSPS) is 12.2. The number of nitrogens with two attached hydrogens (primary N) is 1. The Hall–Kier alpha value is -1.32. The van der Waals surface area contributed by atoms with Gasteiger partial charge in [-0.3, -0.25) is 4.79 Å². The van der Waals surface area contributed by atoms with Gasteiger partial charge in [0.15, 0.2) is 0 Å². The molecule has 3 N–H and O–H groups in total. The molecule has 0 radical (unpaired) electrons. The van der Waals surface area contributed by atoms with Gasteiger partial charge in [0.1, 0.15) is 0 Å². The third-order valence-corrected chi connectivity index (χ3v) is 1.63. The Balaban J connectivity index is 5.01. The van der Waals surface area contributed by atoms with E-state index < -0.39 is 11.9 Å². The Morgan fingerprint density at radius 1 is 1.17 bits per heavy atom. The van der Waals surface area contributed by atoms with Gasteiger partial charge in [-0.15, -0.1) is 0 Å². The maximum absolute atomic E-state index is 10.7. The third kappa shape index (κ3) is 2.38. The Bertz CT molecular complexity index is 206. The predicted molar refractivity (Wildman–Crippen MR) is 44.4 cm³/mol. The standard InChI is InChI=1S/C8H13NO3/c1-3-5(7(9)10)6(4-2)8(11)12/h3-4H2,1-2H3,(H2,9,10)(H,11,12)/b6-5-. The lowest BCUT2D eigenvalue weighted by atomic mass is 10.0. The molecule has 0 rings (SSSR count). The summed E-state index contributed by atoms with van der Waals surface area (Å²) in [6.45, 7) is 3.39. The van der Waals surface area contributed by atoms with E-state index in [1.807, 2.05) is 0 Å². The van der Waals surface area contributed by atoms with Gasteiger partial charge in [0.2, 0.25) is 5.91 Å². The minimum atomic E-state index is -1.06. The molecule has 0 fully saturated rings. The molecule has 0 aliphatic carbocycles. The van der Waals surface area contributed by atoms with E-state index in [0.717, 1.165) is 0 Å². The highest BCUT2D eigenvalue weighted by Crippen LogP contribution is 2.11. The van der Waals surface area contributed by atoms with Crippen LogP contribution in [-0.4, -0.2) is 17.0 Å². The quantitative estimate of drug-likeness (QED) is 0.610. The molecule has 0 saturated carbocycles. The zero-order valence-electron chi connectivity index (χ0n) is 7.26. The average molecular weight is 171 g/mol. The smallest absolute Gasteiger partial charge is 0.332 e. The molecule has 0 saturated heterocycles. The summed E-state index contributed by atoms with van der Waals surface area (Å²) in [7, 11) is 0. The number of hydrogen-bond donors (Lipinski definition) is 2. The number of amides is 1. The van der Waals surface area contributed by atoms with Crippen LogP contribution in [0.3, 0.4) is 0 Å². The molecule has 0 spiro atoms. The maximum atomic E-state index is 10.7. The first-order chi connectivity index (χ1) is 5.54. The summed E-state index contributed by atoms with van der Waals surface area (Å²) in [5.41, 5.74) is 5.33. The van der Waals surface area contributed by atoms with E-state index in [4.69, 9.17) is 10.8 Å². The van der Waals surface area contributed by atoms with Crippen LogP contribution in [0.2, 0.25) is 0 Å². The molecule has 12 heavy (non-hydrogen) atoms. The lowest BCUT2D eigenvalue weighted by Gasteiger charge is -2.04. The topological polar surface area (TPSA) is 80.4 Å². The van der Waals surface area contributed by atoms with Gasteiger partial charge < -0.3 is 10.8 Å². The minimum absolute atomic E-state index is 0.116. The van der Waals surface area contributed by atoms with Crippen molar-refractivity contribution in [2.75, 3.05) is 0 Å². The Kier molecular flexibility index (Phi) is 4.04. The van der Waals surface area contributed by atoms with Gasteiger partial charge in [0.25, 0.3) is 0 Å². The molecule has 0 aliphatic rings. The van der Waals surface area contributed by atoms with E-state index in [-0.39, 0.29) is 11.1 Å². The van der Waals surface area contributed by atoms with Gasteiger partial charge in [-0.2, -0.15) is 0 Å². The van der Waals surface area contributed by atoms with E-state index >= 15 is 0 Å². The first kappa shape index (κ1) is 10.7. The number of carbonyl (C=O) groups excluding carboxylic acids is 1. The summed E-state index contributed by atoms with van der Waals surface area (Å²) in [6.07, 6.45) is 0.687. The van der Waals surface area contributed by atoms with Crippen molar-refractivity contribution in [2.45, 2.75) is 26.7 Å². The third-order valence-electron chi connectivity index (χ3n) is 1.63. The van der Waals surface area contributed by atoms with Crippen molar-refractivity contribution in [2.24, 2.45) is 5.73 Å². The van der Waals surface area contributed by atoms with Crippen molar-refractivity contribution in [3.63, 3.8) is 0 Å². The summed E-state index contributed by atoms with van der Waals surface area (Å²) < 4.78 is 0. The second-order valence-corrected chi connectivity index (χ2v) is 2.33. The Morgan fingerprint density at radius 2 is 1.58 bits per heavy atom. The van der Waals surface area contributed by atoms with E-state index in [9.17, 15) is 9.59 Å². The maximum Gasteiger partial charge on any atom is 0.332 e. The molecular formula is C8H13NO3. The molecule has 0 aromatic carbocycles. The van der Waals surface area contributed by atoms with Crippen molar-refractivity contribution >= 4 is 11.9 Å². The summed E-state index contributed by atoms with van der Waals surface area (Å²) in [5, 5.41) is 8.66. The molecule has 0 heterocycles. The van der Waals surface area contributed by atoms with Crippen LogP contribution in [-0.2, 0) is 9.59 Å². The molecule has 0 aliphatic heterocycles. The lowest BCUT2D eigenvalue weighted by Crippen LogP contribution is -2.18. The van der Waals surface area contributed by atoms with Gasteiger partial charge in [-0.05, 0) is 12.8 Å². The molecule has 0 atom stereocenters. The van der Waals surface area contributed by atoms with Crippen molar-refractivity contribution < 1.29 is 14.7 Å². The van der Waals surface area contributed by atoms with E-state index in [1.165, 1.54) is 0 Å². The molecule has 0 bridgehead atoms. The molecule has 4 nitrogen and oxygen atoms in total. The highest BCUT2D eigenvalue weighted by atomic mass is 16.4. The van der Waals surface area contributed by atoms with Crippen LogP contribution in [0.25, 0.3) is 0 Å². The molecular weight excluding hydrogens is 158 g/mol. The lowest BCUT2D eigenvalue weighted by molar-refractivity contribution is -0.133. The molecule has 0 aromatic heterocycles. The zero-order valence-corrected chi connectivity index (χ0v) is 7.26. The highest BCUT2D eigenvalue weighted by molar-refractivity contribution is 6.01. The fraction of sp³-hybridized carbons (Fsp3) is 0.500. The van der Waals surface area contributed by atoms with Crippen molar-refractivity contribution in [3.05, 3.63) is 11.1 Å². The van der Waals surface area contributed by atoms with Gasteiger partial charge in [-0.25, -0.2) is 4.79 Å². The largest absolute Gasteiger partial charge is 0.478 e. The van der Waals surface area contributed by atoms with E-state index in [2.05, 4.69) is 0 Å². The van der Waals surface area contributed by atoms with E-state index in [1.54, 1.807) is 13.8 Å². The molecule has 4 heteroatoms. The fourth-order valence-electron chi connectivity index (χ4n) is 1.03. The summed E-state index contributed by atoms with van der Waals surface area (Å²) in [4.78, 5) is 21.3. The van der Waals surface area contributed by atoms with Crippen LogP contribution in [0.4, 0.5) is 0 Å². The van der Waals surface area contributed by atoms with Crippen molar-refractivity contribution in [1.29, 1.82) is 0 Å². The van der Waals surface area contributed by atoms with Gasteiger partial charge >= 0.3 is 5.97 Å². The molecule has 0 aromatic rings. The monoisotopic (exact) mass is 171 g/mol. The average Bonchev–Trinajstić information content (AvgIpc) is 1.98. The Labute approximate surface area is 71.1 Å². The molecule has 0 unspecified atom stereocenters. The van der Waals surface area contributed by atoms with Crippen LogP contribution in [0.15, 0.2) is 11.1 Å². The van der Waals surface area contributed by atoms with Crippen LogP contribution < -0.4 is 5.73 Å². The van der Waals surface area contributed by atoms with Crippen LogP contribution in [0.1, 0.15) is 26.7 Å². The highest BCUT2D eigenvalue weighted by Gasteiger charge is 2.14. The van der Waals surface area contributed by atoms with Crippen molar-refractivity contribution in [3.8, 4) is 0 Å². The number of carbonyl (C=O) groups is 2. The molecule has 68 valence electrons. The first-order valence-corrected chi connectivity index (χ1v) is 3.79. The number of hydrogen-bond acceptors (Lipinski definition) is 2. The predicted octanol–water partition coefficient (Wildman–Crippen LogP) is 0.673. The van der Waals surface area contributed by atoms with Gasteiger partial charge in [-0.1, -0.05) is 13.8 Å². The van der Waals surface area contributed by atoms with Gasteiger partial charge in [0.05, 0.1) is 0 Å². The van der Waals surface area contributed by atoms with Gasteiger partial charge in [0, 0.05) is 11.1 Å². The van der Waals surface area contributed by atoms with Crippen molar-refractivity contribution in [1.82, 2.24) is 0 Å². The number of carboxylic acids is 1. The van der Waals surface area contributed by atoms with Crippen LogP contribution in [0.5, 0.6) is 0 Å². The van der Waals surface area contributed by atoms with Crippen LogP contribution in [0, 0.1) is 0 Å². The zero-order chi connectivity index (χ0) is 9.72. The van der Waals surface area contributed by atoms with E-state index in [0.29, 0.717) is 12.8 Å². The Morgan fingerprint density at radius 3 is 1.67 bits per heavy atom. The number of primary amides is 1. The van der Waals surface area contributed by atoms with Crippen LogP contribution >= 0.6 is 0 Å². The fourth-order valence-corrected chi connectivity index (χ4v) is 1.03. The summed E-state index contributed by atoms with van der Waals surface area (Å²) >= 11 is 0. The molecule has 1 amide bonds. The number of aliphatic carboxylic acids is 1. The SMILES string of the molecule is CC/C(C(N)=O)=C(\CC)C(=O)O. The summed E-state index contributed by atoms with van der Waals surface area (Å²) in [6, 6.07) is 0. The minimum Gasteiger partial charge on any atom is -0.478 e. The summed E-state index contributed by atoms with van der Waals surface area (Å²) in [5.74, 6) is -1.70. The second kappa shape index (κ2) is 4.54. The number of carboxylic acid groups (broad SMARTS) is 1. The first-order valence-electron chi connectivity index (χ1n) is 3.79. The number of rotatable bonds is 4.